The lowest BCUT2D eigenvalue weighted by Gasteiger charge is -2.22. The van der Waals surface area contributed by atoms with Gasteiger partial charge >= 0.3 is 0 Å². The molecule has 1 aliphatic heterocycles. The van der Waals surface area contributed by atoms with Crippen molar-refractivity contribution in [3.8, 4) is 0 Å². The van der Waals surface area contributed by atoms with Crippen LogP contribution in [0.2, 0.25) is 0 Å². The van der Waals surface area contributed by atoms with Gasteiger partial charge in [0.15, 0.2) is 0 Å². The lowest BCUT2D eigenvalue weighted by atomic mass is 10.1. The highest BCUT2D eigenvalue weighted by Gasteiger charge is 2.13. The molecule has 1 atom stereocenters. The summed E-state index contributed by atoms with van der Waals surface area (Å²) >= 11 is 1.88. The van der Waals surface area contributed by atoms with Gasteiger partial charge in [-0.1, -0.05) is 6.92 Å². The highest BCUT2D eigenvalue weighted by molar-refractivity contribution is 7.11. The van der Waals surface area contributed by atoms with Crippen LogP contribution in [0.5, 0.6) is 0 Å². The summed E-state index contributed by atoms with van der Waals surface area (Å²) in [6, 6.07) is 4.40. The Hall–Kier alpha value is -0.380. The van der Waals surface area contributed by atoms with Crippen LogP contribution in [0, 0.1) is 0 Å². The normalized spacial score (nSPS) is 21.8. The first-order valence-electron chi connectivity index (χ1n) is 5.78. The van der Waals surface area contributed by atoms with Gasteiger partial charge in [-0.25, -0.2) is 0 Å². The molecule has 1 aromatic heterocycles. The average molecular weight is 225 g/mol. The molecule has 0 amide bonds. The van der Waals surface area contributed by atoms with E-state index in [2.05, 4.69) is 24.4 Å². The number of hydrogen-bond acceptors (Lipinski definition) is 3. The van der Waals surface area contributed by atoms with E-state index in [1.54, 1.807) is 0 Å². The molecular weight excluding hydrogens is 206 g/mol. The van der Waals surface area contributed by atoms with Crippen LogP contribution in [-0.2, 0) is 17.8 Å². The summed E-state index contributed by atoms with van der Waals surface area (Å²) in [5.74, 6) is 0. The number of nitrogens with one attached hydrogen (secondary N) is 1. The average Bonchev–Trinajstić information content (AvgIpc) is 2.76. The summed E-state index contributed by atoms with van der Waals surface area (Å²) in [7, 11) is 0. The second-order valence-corrected chi connectivity index (χ2v) is 5.25. The molecule has 1 aliphatic rings. The highest BCUT2D eigenvalue weighted by Crippen LogP contribution is 2.19. The number of ether oxygens (including phenoxy) is 1. The zero-order valence-electron chi connectivity index (χ0n) is 9.29. The molecule has 2 heterocycles. The topological polar surface area (TPSA) is 21.3 Å². The van der Waals surface area contributed by atoms with Gasteiger partial charge in [0.1, 0.15) is 0 Å². The molecule has 0 saturated carbocycles. The van der Waals surface area contributed by atoms with Gasteiger partial charge in [0.2, 0.25) is 0 Å². The zero-order chi connectivity index (χ0) is 10.5. The smallest absolute Gasteiger partial charge is 0.0813 e. The monoisotopic (exact) mass is 225 g/mol. The molecule has 0 aromatic carbocycles. The number of hydrogen-bond donors (Lipinski definition) is 1. The van der Waals surface area contributed by atoms with E-state index in [-0.39, 0.29) is 0 Å². The molecular formula is C12H19NOS. The zero-order valence-corrected chi connectivity index (χ0v) is 10.1. The van der Waals surface area contributed by atoms with Crippen LogP contribution in [0.3, 0.4) is 0 Å². The van der Waals surface area contributed by atoms with E-state index < -0.39 is 0 Å². The number of rotatable bonds is 4. The van der Waals surface area contributed by atoms with Crippen molar-refractivity contribution in [2.75, 3.05) is 13.1 Å². The fourth-order valence-electron chi connectivity index (χ4n) is 1.85. The Kier molecular flexibility index (Phi) is 4.18. The molecule has 0 aliphatic carbocycles. The standard InChI is InChI=1S/C12H19NOS/c1-2-11-5-6-12(15-11)9-14-10-4-3-7-13-8-10/h5-6,10,13H,2-4,7-9H2,1H3/t10-/m0/s1. The van der Waals surface area contributed by atoms with Gasteiger partial charge in [0, 0.05) is 16.3 Å². The molecule has 15 heavy (non-hydrogen) atoms. The summed E-state index contributed by atoms with van der Waals surface area (Å²) in [6.45, 7) is 5.16. The maximum atomic E-state index is 5.87. The van der Waals surface area contributed by atoms with E-state index in [4.69, 9.17) is 4.74 Å². The summed E-state index contributed by atoms with van der Waals surface area (Å²) in [6.07, 6.45) is 4.01. The third kappa shape index (κ3) is 3.30. The van der Waals surface area contributed by atoms with Crippen molar-refractivity contribution in [1.29, 1.82) is 0 Å². The van der Waals surface area contributed by atoms with Gasteiger partial charge in [-0.15, -0.1) is 11.3 Å². The van der Waals surface area contributed by atoms with Gasteiger partial charge in [0.25, 0.3) is 0 Å². The second kappa shape index (κ2) is 5.64. The van der Waals surface area contributed by atoms with Gasteiger partial charge < -0.3 is 10.1 Å². The van der Waals surface area contributed by atoms with Crippen molar-refractivity contribution in [3.05, 3.63) is 21.9 Å². The molecule has 0 bridgehead atoms. The predicted octanol–water partition coefficient (Wildman–Crippen LogP) is 2.58. The molecule has 1 saturated heterocycles. The van der Waals surface area contributed by atoms with Crippen molar-refractivity contribution in [1.82, 2.24) is 5.32 Å². The summed E-state index contributed by atoms with van der Waals surface area (Å²) in [5.41, 5.74) is 0. The first-order chi connectivity index (χ1) is 7.38. The maximum absolute atomic E-state index is 5.87. The minimum Gasteiger partial charge on any atom is -0.371 e. The van der Waals surface area contributed by atoms with E-state index in [0.717, 1.165) is 26.1 Å². The van der Waals surface area contributed by atoms with Crippen LogP contribution in [0.25, 0.3) is 0 Å². The van der Waals surface area contributed by atoms with Crippen molar-refractivity contribution < 1.29 is 4.74 Å². The lowest BCUT2D eigenvalue weighted by molar-refractivity contribution is 0.0267. The van der Waals surface area contributed by atoms with E-state index in [1.807, 2.05) is 11.3 Å². The maximum Gasteiger partial charge on any atom is 0.0813 e. The van der Waals surface area contributed by atoms with E-state index >= 15 is 0 Å². The first-order valence-corrected chi connectivity index (χ1v) is 6.60. The van der Waals surface area contributed by atoms with E-state index in [9.17, 15) is 0 Å². The van der Waals surface area contributed by atoms with Crippen LogP contribution in [0.15, 0.2) is 12.1 Å². The molecule has 0 spiro atoms. The quantitative estimate of drug-likeness (QED) is 0.850. The van der Waals surface area contributed by atoms with Gasteiger partial charge in [-0.05, 0) is 37.9 Å². The van der Waals surface area contributed by atoms with E-state index in [1.165, 1.54) is 22.6 Å². The third-order valence-corrected chi connectivity index (χ3v) is 3.98. The molecule has 1 fully saturated rings. The minimum atomic E-state index is 0.422. The molecule has 1 N–H and O–H groups in total. The second-order valence-electron chi connectivity index (χ2n) is 4.00. The summed E-state index contributed by atoms with van der Waals surface area (Å²) in [4.78, 5) is 2.81. The van der Waals surface area contributed by atoms with Crippen molar-refractivity contribution >= 4 is 11.3 Å². The first kappa shape index (κ1) is 11.1. The van der Waals surface area contributed by atoms with Crippen LogP contribution >= 0.6 is 11.3 Å². The molecule has 1 aromatic rings. The van der Waals surface area contributed by atoms with Crippen LogP contribution in [-0.4, -0.2) is 19.2 Å². The molecule has 3 heteroatoms. The van der Waals surface area contributed by atoms with Crippen LogP contribution in [0.4, 0.5) is 0 Å². The Morgan fingerprint density at radius 1 is 1.47 bits per heavy atom. The Morgan fingerprint density at radius 3 is 3.00 bits per heavy atom. The Bertz CT molecular complexity index is 292. The fourth-order valence-corrected chi connectivity index (χ4v) is 2.73. The Balaban J connectivity index is 1.76. The fraction of sp³-hybridized carbons (Fsp3) is 0.667. The van der Waals surface area contributed by atoms with E-state index in [0.29, 0.717) is 6.10 Å². The van der Waals surface area contributed by atoms with Crippen molar-refractivity contribution in [2.24, 2.45) is 0 Å². The highest BCUT2D eigenvalue weighted by atomic mass is 32.1. The summed E-state index contributed by atoms with van der Waals surface area (Å²) in [5, 5.41) is 3.37. The van der Waals surface area contributed by atoms with Crippen LogP contribution < -0.4 is 5.32 Å². The van der Waals surface area contributed by atoms with Gasteiger partial charge in [-0.3, -0.25) is 0 Å². The SMILES string of the molecule is CCc1ccc(CO[C@H]2CCCNC2)s1. The molecule has 0 radical (unpaired) electrons. The molecule has 84 valence electrons. The minimum absolute atomic E-state index is 0.422. The molecule has 0 unspecified atom stereocenters. The Labute approximate surface area is 95.6 Å². The lowest BCUT2D eigenvalue weighted by Crippen LogP contribution is -2.35. The number of piperidine rings is 1. The molecule has 2 rings (SSSR count). The summed E-state index contributed by atoms with van der Waals surface area (Å²) < 4.78 is 5.87. The predicted molar refractivity (Wildman–Crippen MR) is 64.4 cm³/mol. The third-order valence-electron chi connectivity index (χ3n) is 2.78. The number of thiophene rings is 1. The van der Waals surface area contributed by atoms with Crippen molar-refractivity contribution in [3.63, 3.8) is 0 Å². The van der Waals surface area contributed by atoms with Gasteiger partial charge in [-0.2, -0.15) is 0 Å². The largest absolute Gasteiger partial charge is 0.371 e. The van der Waals surface area contributed by atoms with Crippen LogP contribution in [0.1, 0.15) is 29.5 Å². The molecule has 2 nitrogen and oxygen atoms in total. The number of aryl methyl sites for hydroxylation is 1. The van der Waals surface area contributed by atoms with Gasteiger partial charge in [0.05, 0.1) is 12.7 Å². The Morgan fingerprint density at radius 2 is 2.33 bits per heavy atom. The van der Waals surface area contributed by atoms with Crippen molar-refractivity contribution in [2.45, 2.75) is 38.9 Å².